The molecule has 0 spiro atoms. The predicted octanol–water partition coefficient (Wildman–Crippen LogP) is 4.38. The van der Waals surface area contributed by atoms with Crippen molar-refractivity contribution in [1.29, 1.82) is 0 Å². The molecule has 0 radical (unpaired) electrons. The third-order valence-corrected chi connectivity index (χ3v) is 6.85. The Hall–Kier alpha value is -2.67. The summed E-state index contributed by atoms with van der Waals surface area (Å²) >= 11 is 1.27. The molecule has 0 bridgehead atoms. The van der Waals surface area contributed by atoms with Crippen LogP contribution in [0.15, 0.2) is 35.6 Å². The maximum Gasteiger partial charge on any atom is 0.290 e. The van der Waals surface area contributed by atoms with Gasteiger partial charge in [0.05, 0.1) is 27.2 Å². The second kappa shape index (κ2) is 7.63. The predicted molar refractivity (Wildman–Crippen MR) is 110 cm³/mol. The molecule has 1 saturated carbocycles. The Kier molecular flexibility index (Phi) is 5.17. The van der Waals surface area contributed by atoms with Gasteiger partial charge in [-0.2, -0.15) is 0 Å². The quantitative estimate of drug-likeness (QED) is 0.728. The van der Waals surface area contributed by atoms with E-state index in [4.69, 9.17) is 0 Å². The molecule has 1 fully saturated rings. The van der Waals surface area contributed by atoms with Crippen LogP contribution in [0.2, 0.25) is 0 Å². The fourth-order valence-corrected chi connectivity index (χ4v) is 5.31. The highest BCUT2D eigenvalue weighted by atomic mass is 32.1. The second-order valence-electron chi connectivity index (χ2n) is 7.74. The standard InChI is InChI=1S/C22H24N2O4S/c1-12-21(29-13(2)23-12)19(26)17-18(14-8-10-16(25)11-9-14)24(22(28)20(17)27)15-6-4-3-5-7-15/h8-11,15,18,25,27H,3-7H2,1-2H3. The molecule has 2 N–H and O–H groups in total. The van der Waals surface area contributed by atoms with Crippen LogP contribution in [0.3, 0.4) is 0 Å². The number of phenols is 1. The first-order valence-corrected chi connectivity index (χ1v) is 10.7. The number of aromatic nitrogens is 1. The van der Waals surface area contributed by atoms with Gasteiger partial charge in [-0.15, -0.1) is 11.3 Å². The van der Waals surface area contributed by atoms with Gasteiger partial charge in [-0.25, -0.2) is 4.98 Å². The largest absolute Gasteiger partial charge is 0.508 e. The van der Waals surface area contributed by atoms with Crippen molar-refractivity contribution in [2.45, 2.75) is 58.0 Å². The third kappa shape index (κ3) is 3.44. The number of aromatic hydroxyl groups is 1. The average Bonchev–Trinajstić information content (AvgIpc) is 3.18. The molecule has 1 aliphatic carbocycles. The molecule has 1 atom stereocenters. The Labute approximate surface area is 173 Å². The number of aryl methyl sites for hydroxylation is 2. The summed E-state index contributed by atoms with van der Waals surface area (Å²) in [5.41, 5.74) is 1.41. The van der Waals surface area contributed by atoms with E-state index >= 15 is 0 Å². The minimum atomic E-state index is -0.666. The average molecular weight is 413 g/mol. The van der Waals surface area contributed by atoms with E-state index < -0.39 is 17.7 Å². The van der Waals surface area contributed by atoms with E-state index in [2.05, 4.69) is 4.98 Å². The van der Waals surface area contributed by atoms with Gasteiger partial charge in [-0.05, 0) is 44.4 Å². The van der Waals surface area contributed by atoms with Crippen LogP contribution >= 0.6 is 11.3 Å². The van der Waals surface area contributed by atoms with Crippen molar-refractivity contribution in [3.63, 3.8) is 0 Å². The van der Waals surface area contributed by atoms with E-state index in [1.54, 1.807) is 36.1 Å². The van der Waals surface area contributed by atoms with Gasteiger partial charge in [0.2, 0.25) is 5.78 Å². The van der Waals surface area contributed by atoms with Gasteiger partial charge in [-0.3, -0.25) is 9.59 Å². The second-order valence-corrected chi connectivity index (χ2v) is 8.94. The molecule has 1 unspecified atom stereocenters. The highest BCUT2D eigenvalue weighted by Gasteiger charge is 2.47. The summed E-state index contributed by atoms with van der Waals surface area (Å²) < 4.78 is 0. The van der Waals surface area contributed by atoms with Crippen molar-refractivity contribution in [3.05, 3.63) is 56.7 Å². The fraction of sp³-hybridized carbons (Fsp3) is 0.409. The first-order chi connectivity index (χ1) is 13.9. The summed E-state index contributed by atoms with van der Waals surface area (Å²) in [4.78, 5) is 33.0. The highest BCUT2D eigenvalue weighted by Crippen LogP contribution is 2.43. The summed E-state index contributed by atoms with van der Waals surface area (Å²) in [5.74, 6) is -1.20. The van der Waals surface area contributed by atoms with Crippen molar-refractivity contribution in [1.82, 2.24) is 9.88 Å². The van der Waals surface area contributed by atoms with Crippen molar-refractivity contribution < 1.29 is 19.8 Å². The smallest absolute Gasteiger partial charge is 0.290 e. The number of carbonyl (C=O) groups is 2. The van der Waals surface area contributed by atoms with E-state index in [-0.39, 0.29) is 23.1 Å². The summed E-state index contributed by atoms with van der Waals surface area (Å²) in [6.07, 6.45) is 4.89. The number of amides is 1. The minimum Gasteiger partial charge on any atom is -0.508 e. The number of hydrogen-bond donors (Lipinski definition) is 2. The summed E-state index contributed by atoms with van der Waals surface area (Å²) in [6.45, 7) is 3.59. The van der Waals surface area contributed by atoms with E-state index in [1.807, 2.05) is 6.92 Å². The topological polar surface area (TPSA) is 90.7 Å². The zero-order valence-corrected chi connectivity index (χ0v) is 17.3. The number of carbonyl (C=O) groups excluding carboxylic acids is 2. The molecule has 2 aliphatic rings. The van der Waals surface area contributed by atoms with Gasteiger partial charge < -0.3 is 15.1 Å². The van der Waals surface area contributed by atoms with Crippen LogP contribution in [0.5, 0.6) is 5.75 Å². The number of aliphatic hydroxyl groups excluding tert-OH is 1. The molecule has 2 aromatic rings. The molecule has 152 valence electrons. The van der Waals surface area contributed by atoms with Crippen LogP contribution < -0.4 is 0 Å². The molecular weight excluding hydrogens is 388 g/mol. The first kappa shape index (κ1) is 19.6. The van der Waals surface area contributed by atoms with Crippen LogP contribution in [0, 0.1) is 13.8 Å². The number of ketones is 1. The van der Waals surface area contributed by atoms with Crippen LogP contribution in [0.4, 0.5) is 0 Å². The molecule has 4 rings (SSSR count). The Bertz CT molecular complexity index is 987. The van der Waals surface area contributed by atoms with Gasteiger partial charge in [-0.1, -0.05) is 31.4 Å². The van der Waals surface area contributed by atoms with E-state index in [0.29, 0.717) is 16.1 Å². The van der Waals surface area contributed by atoms with Gasteiger partial charge in [0.1, 0.15) is 5.75 Å². The Morgan fingerprint density at radius 1 is 1.10 bits per heavy atom. The number of rotatable bonds is 4. The zero-order chi connectivity index (χ0) is 20.7. The lowest BCUT2D eigenvalue weighted by Gasteiger charge is -2.36. The van der Waals surface area contributed by atoms with Crippen molar-refractivity contribution >= 4 is 23.0 Å². The molecule has 29 heavy (non-hydrogen) atoms. The lowest BCUT2D eigenvalue weighted by molar-refractivity contribution is -0.132. The summed E-state index contributed by atoms with van der Waals surface area (Å²) in [5, 5.41) is 21.2. The van der Waals surface area contributed by atoms with Crippen LogP contribution in [0.1, 0.15) is 64.1 Å². The van der Waals surface area contributed by atoms with Crippen LogP contribution in [-0.2, 0) is 4.79 Å². The first-order valence-electron chi connectivity index (χ1n) is 9.92. The zero-order valence-electron chi connectivity index (χ0n) is 16.5. The molecule has 1 aromatic carbocycles. The number of Topliss-reactive ketones (excluding diaryl/α,β-unsaturated/α-hetero) is 1. The summed E-state index contributed by atoms with van der Waals surface area (Å²) in [6, 6.07) is 5.81. The number of benzene rings is 1. The monoisotopic (exact) mass is 412 g/mol. The Morgan fingerprint density at radius 3 is 2.34 bits per heavy atom. The molecule has 1 aromatic heterocycles. The van der Waals surface area contributed by atoms with Gasteiger partial charge in [0.15, 0.2) is 5.76 Å². The maximum atomic E-state index is 13.4. The Morgan fingerprint density at radius 2 is 1.76 bits per heavy atom. The number of nitrogens with zero attached hydrogens (tertiary/aromatic N) is 2. The number of aliphatic hydroxyl groups is 1. The van der Waals surface area contributed by atoms with Crippen molar-refractivity contribution in [2.24, 2.45) is 0 Å². The van der Waals surface area contributed by atoms with Crippen LogP contribution in [0.25, 0.3) is 0 Å². The summed E-state index contributed by atoms with van der Waals surface area (Å²) in [7, 11) is 0. The highest BCUT2D eigenvalue weighted by molar-refractivity contribution is 7.14. The van der Waals surface area contributed by atoms with Gasteiger partial charge in [0, 0.05) is 6.04 Å². The molecular formula is C22H24N2O4S. The molecule has 0 saturated heterocycles. The molecule has 2 heterocycles. The van der Waals surface area contributed by atoms with E-state index in [1.165, 1.54) is 11.3 Å². The maximum absolute atomic E-state index is 13.4. The van der Waals surface area contributed by atoms with Crippen LogP contribution in [-0.4, -0.2) is 37.8 Å². The minimum absolute atomic E-state index is 0.0215. The SMILES string of the molecule is Cc1nc(C)c(C(=O)C2=C(O)C(=O)N(C3CCCCC3)C2c2ccc(O)cc2)s1. The molecule has 1 aliphatic heterocycles. The van der Waals surface area contributed by atoms with Gasteiger partial charge >= 0.3 is 0 Å². The van der Waals surface area contributed by atoms with E-state index in [9.17, 15) is 19.8 Å². The number of thiazole rings is 1. The number of hydrogen-bond acceptors (Lipinski definition) is 6. The lowest BCUT2D eigenvalue weighted by Crippen LogP contribution is -2.41. The van der Waals surface area contributed by atoms with Crippen molar-refractivity contribution in [2.75, 3.05) is 0 Å². The Balaban J connectivity index is 1.82. The van der Waals surface area contributed by atoms with E-state index in [0.717, 1.165) is 37.1 Å². The third-order valence-electron chi connectivity index (χ3n) is 5.78. The fourth-order valence-electron chi connectivity index (χ4n) is 4.44. The van der Waals surface area contributed by atoms with Gasteiger partial charge in [0.25, 0.3) is 5.91 Å². The number of phenolic OH excluding ortho intramolecular Hbond substituents is 1. The normalized spacial score (nSPS) is 20.6. The molecule has 7 heteroatoms. The molecule has 1 amide bonds. The molecule has 6 nitrogen and oxygen atoms in total. The van der Waals surface area contributed by atoms with Crippen molar-refractivity contribution in [3.8, 4) is 5.75 Å². The lowest BCUT2D eigenvalue weighted by atomic mass is 9.90.